The van der Waals surface area contributed by atoms with Crippen LogP contribution >= 0.6 is 0 Å². The molecular weight excluding hydrogens is 326 g/mol. The Hall–Kier alpha value is -3.02. The second kappa shape index (κ2) is 7.07. The number of nitriles is 2. The number of hydrogen-bond acceptors (Lipinski definition) is 5. The predicted molar refractivity (Wildman–Crippen MR) is 98.6 cm³/mol. The first-order valence-electron chi connectivity index (χ1n) is 8.57. The van der Waals surface area contributed by atoms with Crippen LogP contribution in [0.4, 0.5) is 5.69 Å². The zero-order chi connectivity index (χ0) is 18.7. The third-order valence-corrected chi connectivity index (χ3v) is 4.73. The molecule has 0 bridgehead atoms. The summed E-state index contributed by atoms with van der Waals surface area (Å²) in [6.45, 7) is 4.16. The second-order valence-corrected chi connectivity index (χ2v) is 6.90. The number of hydrogen-bond donors (Lipinski definition) is 1. The lowest BCUT2D eigenvalue weighted by molar-refractivity contribution is -0.0586. The van der Waals surface area contributed by atoms with Gasteiger partial charge in [0.05, 0.1) is 30.2 Å². The van der Waals surface area contributed by atoms with Gasteiger partial charge in [0.25, 0.3) is 0 Å². The highest BCUT2D eigenvalue weighted by Crippen LogP contribution is 2.44. The Kier molecular flexibility index (Phi) is 4.84. The molecule has 2 aromatic rings. The summed E-state index contributed by atoms with van der Waals surface area (Å²) in [6.07, 6.45) is -0.505. The van der Waals surface area contributed by atoms with Gasteiger partial charge in [0, 0.05) is 17.8 Å². The topological polar surface area (TPSA) is 80.3 Å². The Balaban J connectivity index is 2.15. The molecule has 26 heavy (non-hydrogen) atoms. The first kappa shape index (κ1) is 17.8. The van der Waals surface area contributed by atoms with Crippen LogP contribution in [-0.2, 0) is 0 Å². The molecule has 132 valence electrons. The summed E-state index contributed by atoms with van der Waals surface area (Å²) < 4.78 is 6.00. The molecule has 0 aromatic heterocycles. The number of rotatable bonds is 4. The quantitative estimate of drug-likeness (QED) is 0.915. The molecule has 0 saturated heterocycles. The minimum Gasteiger partial charge on any atom is -0.485 e. The summed E-state index contributed by atoms with van der Waals surface area (Å²) in [7, 11) is 0. The van der Waals surface area contributed by atoms with E-state index in [0.29, 0.717) is 24.3 Å². The summed E-state index contributed by atoms with van der Waals surface area (Å²) in [6, 6.07) is 18.9. The van der Waals surface area contributed by atoms with E-state index in [1.807, 2.05) is 49.1 Å². The molecule has 0 fully saturated rings. The molecule has 1 heterocycles. The number of benzene rings is 2. The lowest BCUT2D eigenvalue weighted by Gasteiger charge is -2.47. The number of aliphatic hydroxyl groups is 1. The molecule has 0 saturated carbocycles. The highest BCUT2D eigenvalue weighted by molar-refractivity contribution is 5.54. The summed E-state index contributed by atoms with van der Waals surface area (Å²) in [5.74, 6) is 0.655. The number of ether oxygens (including phenoxy) is 1. The number of fused-ring (bicyclic) bond motifs is 1. The van der Waals surface area contributed by atoms with Crippen molar-refractivity contribution in [2.75, 3.05) is 11.4 Å². The fourth-order valence-corrected chi connectivity index (χ4v) is 3.39. The molecule has 0 spiro atoms. The maximum atomic E-state index is 11.1. The lowest BCUT2D eigenvalue weighted by Crippen LogP contribution is -2.54. The van der Waals surface area contributed by atoms with Gasteiger partial charge in [-0.1, -0.05) is 18.2 Å². The van der Waals surface area contributed by atoms with Gasteiger partial charge >= 0.3 is 0 Å². The first-order valence-corrected chi connectivity index (χ1v) is 8.57. The van der Waals surface area contributed by atoms with Crippen LogP contribution in [0.25, 0.3) is 0 Å². The van der Waals surface area contributed by atoms with E-state index in [2.05, 4.69) is 12.1 Å². The molecule has 1 N–H and O–H groups in total. The van der Waals surface area contributed by atoms with E-state index in [0.717, 1.165) is 11.3 Å². The molecule has 2 atom stereocenters. The predicted octanol–water partition coefficient (Wildman–Crippen LogP) is 3.55. The first-order chi connectivity index (χ1) is 12.5. The average molecular weight is 347 g/mol. The van der Waals surface area contributed by atoms with E-state index in [1.165, 1.54) is 0 Å². The average Bonchev–Trinajstić information content (AvgIpc) is 2.65. The molecule has 0 amide bonds. The van der Waals surface area contributed by atoms with Crippen LogP contribution in [0.1, 0.15) is 37.4 Å². The highest BCUT2D eigenvalue weighted by atomic mass is 16.5. The third-order valence-electron chi connectivity index (χ3n) is 4.73. The third kappa shape index (κ3) is 3.22. The van der Waals surface area contributed by atoms with Gasteiger partial charge in [-0.3, -0.25) is 0 Å². The van der Waals surface area contributed by atoms with E-state index in [1.54, 1.807) is 18.2 Å². The van der Waals surface area contributed by atoms with Crippen LogP contribution in [-0.4, -0.2) is 23.4 Å². The van der Waals surface area contributed by atoms with E-state index >= 15 is 0 Å². The van der Waals surface area contributed by atoms with Gasteiger partial charge in [-0.2, -0.15) is 10.5 Å². The Morgan fingerprint density at radius 1 is 1.15 bits per heavy atom. The Labute approximate surface area is 153 Å². The van der Waals surface area contributed by atoms with Crippen LogP contribution in [0.2, 0.25) is 0 Å². The smallest absolute Gasteiger partial charge is 0.132 e. The summed E-state index contributed by atoms with van der Waals surface area (Å²) in [5.41, 5.74) is 1.39. The minimum atomic E-state index is -0.831. The fraction of sp³-hybridized carbons (Fsp3) is 0.333. The molecule has 0 aliphatic carbocycles. The van der Waals surface area contributed by atoms with Crippen molar-refractivity contribution >= 4 is 5.69 Å². The van der Waals surface area contributed by atoms with Gasteiger partial charge in [-0.25, -0.2) is 0 Å². The zero-order valence-electron chi connectivity index (χ0n) is 14.9. The molecule has 5 nitrogen and oxygen atoms in total. The van der Waals surface area contributed by atoms with Crippen LogP contribution in [0.15, 0.2) is 48.5 Å². The molecule has 5 heteroatoms. The van der Waals surface area contributed by atoms with Gasteiger partial charge in [0.15, 0.2) is 0 Å². The normalized spacial score (nSPS) is 20.2. The van der Waals surface area contributed by atoms with Crippen LogP contribution in [0.5, 0.6) is 5.75 Å². The van der Waals surface area contributed by atoms with Crippen molar-refractivity contribution in [1.82, 2.24) is 0 Å². The largest absolute Gasteiger partial charge is 0.485 e. The molecule has 2 aromatic carbocycles. The van der Waals surface area contributed by atoms with E-state index < -0.39 is 17.7 Å². The van der Waals surface area contributed by atoms with Crippen molar-refractivity contribution in [3.63, 3.8) is 0 Å². The molecular formula is C21H21N3O2. The van der Waals surface area contributed by atoms with E-state index in [-0.39, 0.29) is 0 Å². The zero-order valence-corrected chi connectivity index (χ0v) is 14.9. The van der Waals surface area contributed by atoms with Crippen molar-refractivity contribution in [2.24, 2.45) is 0 Å². The van der Waals surface area contributed by atoms with E-state index in [4.69, 9.17) is 10.00 Å². The Bertz CT molecular complexity index is 865. The standard InChI is InChI=1S/C21H21N3O2/c1-21(2)20(25)19(17-13-15(14-23)9-10-18(17)26-21)24(12-6-11-22)16-7-4-3-5-8-16/h3-5,7-10,13,19-20,25H,6,12H2,1-2H3/t19-,20+/m0/s1. The fourth-order valence-electron chi connectivity index (χ4n) is 3.39. The second-order valence-electron chi connectivity index (χ2n) is 6.90. The minimum absolute atomic E-state index is 0.326. The Morgan fingerprint density at radius 2 is 1.88 bits per heavy atom. The van der Waals surface area contributed by atoms with Crippen molar-refractivity contribution in [3.8, 4) is 17.9 Å². The van der Waals surface area contributed by atoms with Crippen molar-refractivity contribution in [3.05, 3.63) is 59.7 Å². The van der Waals surface area contributed by atoms with Crippen molar-refractivity contribution in [2.45, 2.75) is 38.0 Å². The van der Waals surface area contributed by atoms with Gasteiger partial charge in [-0.15, -0.1) is 0 Å². The van der Waals surface area contributed by atoms with Gasteiger partial charge in [-0.05, 0) is 44.2 Å². The number of nitrogens with zero attached hydrogens (tertiary/aromatic N) is 3. The van der Waals surface area contributed by atoms with Gasteiger partial charge in [0.2, 0.25) is 0 Å². The monoisotopic (exact) mass is 347 g/mol. The van der Waals surface area contributed by atoms with Gasteiger partial charge < -0.3 is 14.7 Å². The number of para-hydroxylation sites is 1. The molecule has 1 aliphatic heterocycles. The number of aliphatic hydroxyl groups excluding tert-OH is 1. The molecule has 0 radical (unpaired) electrons. The summed E-state index contributed by atoms with van der Waals surface area (Å²) in [4.78, 5) is 2.03. The highest BCUT2D eigenvalue weighted by Gasteiger charge is 2.45. The van der Waals surface area contributed by atoms with Gasteiger partial charge in [0.1, 0.15) is 17.5 Å². The maximum Gasteiger partial charge on any atom is 0.132 e. The van der Waals surface area contributed by atoms with Crippen molar-refractivity contribution < 1.29 is 9.84 Å². The maximum absolute atomic E-state index is 11.1. The number of anilines is 1. The molecule has 3 rings (SSSR count). The van der Waals surface area contributed by atoms with Crippen LogP contribution < -0.4 is 9.64 Å². The van der Waals surface area contributed by atoms with Crippen LogP contribution in [0, 0.1) is 22.7 Å². The lowest BCUT2D eigenvalue weighted by atomic mass is 9.84. The SMILES string of the molecule is CC1(C)Oc2ccc(C#N)cc2[C@H](N(CCC#N)c2ccccc2)[C@H]1O. The van der Waals surface area contributed by atoms with E-state index in [9.17, 15) is 10.4 Å². The molecule has 0 unspecified atom stereocenters. The molecule has 1 aliphatic rings. The summed E-state index contributed by atoms with van der Waals surface area (Å²) in [5, 5.41) is 29.5. The van der Waals surface area contributed by atoms with Crippen molar-refractivity contribution in [1.29, 1.82) is 10.5 Å². The van der Waals surface area contributed by atoms with Crippen LogP contribution in [0.3, 0.4) is 0 Å². The summed E-state index contributed by atoms with van der Waals surface area (Å²) >= 11 is 0. The Morgan fingerprint density at radius 3 is 2.54 bits per heavy atom.